The van der Waals surface area contributed by atoms with Crippen LogP contribution in [0.15, 0.2) is 24.4 Å². The second-order valence-electron chi connectivity index (χ2n) is 4.27. The van der Waals surface area contributed by atoms with Crippen LogP contribution < -0.4 is 11.1 Å². The van der Waals surface area contributed by atoms with Gasteiger partial charge >= 0.3 is 0 Å². The summed E-state index contributed by atoms with van der Waals surface area (Å²) < 4.78 is 0. The van der Waals surface area contributed by atoms with Gasteiger partial charge in [-0.3, -0.25) is 9.78 Å². The molecule has 1 amide bonds. The van der Waals surface area contributed by atoms with Crippen molar-refractivity contribution in [2.75, 3.05) is 18.8 Å². The van der Waals surface area contributed by atoms with Gasteiger partial charge in [-0.2, -0.15) is 11.8 Å². The Labute approximate surface area is 113 Å². The minimum atomic E-state index is 0.101. The lowest BCUT2D eigenvalue weighted by molar-refractivity contribution is -0.120. The van der Waals surface area contributed by atoms with Gasteiger partial charge in [-0.15, -0.1) is 0 Å². The maximum atomic E-state index is 11.5. The van der Waals surface area contributed by atoms with Crippen LogP contribution in [0.25, 0.3) is 0 Å². The molecule has 18 heavy (non-hydrogen) atoms. The molecule has 5 heteroatoms. The average molecular weight is 267 g/mol. The summed E-state index contributed by atoms with van der Waals surface area (Å²) in [6.45, 7) is 3.30. The highest BCUT2D eigenvalue weighted by atomic mass is 32.2. The molecule has 100 valence electrons. The van der Waals surface area contributed by atoms with Gasteiger partial charge in [0.1, 0.15) is 0 Å². The SMILES string of the molecule is CC(CN)CNC(=O)CCSCc1ccccn1. The van der Waals surface area contributed by atoms with E-state index in [1.807, 2.05) is 25.1 Å². The second-order valence-corrected chi connectivity index (χ2v) is 5.37. The van der Waals surface area contributed by atoms with Crippen molar-refractivity contribution < 1.29 is 4.79 Å². The molecule has 0 aliphatic heterocycles. The van der Waals surface area contributed by atoms with Gasteiger partial charge in [0.05, 0.1) is 5.69 Å². The van der Waals surface area contributed by atoms with Crippen molar-refractivity contribution in [3.63, 3.8) is 0 Å². The Balaban J connectivity index is 2.05. The van der Waals surface area contributed by atoms with Gasteiger partial charge in [-0.1, -0.05) is 13.0 Å². The molecule has 3 N–H and O–H groups in total. The Morgan fingerprint density at radius 2 is 2.39 bits per heavy atom. The fourth-order valence-corrected chi connectivity index (χ4v) is 2.14. The average Bonchev–Trinajstić information content (AvgIpc) is 2.42. The van der Waals surface area contributed by atoms with Crippen LogP contribution in [0.1, 0.15) is 19.0 Å². The van der Waals surface area contributed by atoms with E-state index in [0.29, 0.717) is 25.4 Å². The lowest BCUT2D eigenvalue weighted by Crippen LogP contribution is -2.31. The highest BCUT2D eigenvalue weighted by molar-refractivity contribution is 7.98. The number of nitrogens with zero attached hydrogens (tertiary/aromatic N) is 1. The van der Waals surface area contributed by atoms with Gasteiger partial charge in [0, 0.05) is 30.7 Å². The van der Waals surface area contributed by atoms with Crippen LogP contribution in [0.2, 0.25) is 0 Å². The van der Waals surface area contributed by atoms with E-state index in [1.165, 1.54) is 0 Å². The molecule has 1 heterocycles. The first-order chi connectivity index (χ1) is 8.72. The quantitative estimate of drug-likeness (QED) is 0.699. The van der Waals surface area contributed by atoms with Gasteiger partial charge in [-0.25, -0.2) is 0 Å². The molecule has 0 spiro atoms. The number of rotatable bonds is 8. The standard InChI is InChI=1S/C13H21N3OS/c1-11(8-14)9-16-13(17)5-7-18-10-12-4-2-3-6-15-12/h2-4,6,11H,5,7-10,14H2,1H3,(H,16,17). The minimum absolute atomic E-state index is 0.101. The van der Waals surface area contributed by atoms with Crippen molar-refractivity contribution in [3.05, 3.63) is 30.1 Å². The first kappa shape index (κ1) is 15.0. The second kappa shape index (κ2) is 8.94. The molecular weight excluding hydrogens is 246 g/mol. The molecule has 0 aliphatic carbocycles. The first-order valence-electron chi connectivity index (χ1n) is 6.16. The molecule has 0 radical (unpaired) electrons. The van der Waals surface area contributed by atoms with Crippen LogP contribution in [-0.2, 0) is 10.5 Å². The maximum absolute atomic E-state index is 11.5. The number of nitrogens with one attached hydrogen (secondary N) is 1. The number of carbonyl (C=O) groups is 1. The topological polar surface area (TPSA) is 68.0 Å². The highest BCUT2D eigenvalue weighted by Crippen LogP contribution is 2.10. The molecule has 4 nitrogen and oxygen atoms in total. The number of aromatic nitrogens is 1. The maximum Gasteiger partial charge on any atom is 0.220 e. The third kappa shape index (κ3) is 6.61. The van der Waals surface area contributed by atoms with Crippen LogP contribution in [-0.4, -0.2) is 29.7 Å². The summed E-state index contributed by atoms with van der Waals surface area (Å²) in [5.74, 6) is 2.12. The smallest absolute Gasteiger partial charge is 0.220 e. The van der Waals surface area contributed by atoms with Gasteiger partial charge < -0.3 is 11.1 Å². The van der Waals surface area contributed by atoms with Gasteiger partial charge in [0.2, 0.25) is 5.91 Å². The van der Waals surface area contributed by atoms with Crippen molar-refractivity contribution >= 4 is 17.7 Å². The predicted octanol–water partition coefficient (Wildman–Crippen LogP) is 1.42. The largest absolute Gasteiger partial charge is 0.356 e. The third-order valence-corrected chi connectivity index (χ3v) is 3.49. The molecule has 1 atom stereocenters. The fourth-order valence-electron chi connectivity index (χ4n) is 1.28. The zero-order valence-corrected chi connectivity index (χ0v) is 11.6. The fraction of sp³-hybridized carbons (Fsp3) is 0.538. The molecule has 1 rings (SSSR count). The minimum Gasteiger partial charge on any atom is -0.356 e. The summed E-state index contributed by atoms with van der Waals surface area (Å²) in [7, 11) is 0. The molecular formula is C13H21N3OS. The summed E-state index contributed by atoms with van der Waals surface area (Å²) in [6, 6.07) is 5.88. The monoisotopic (exact) mass is 267 g/mol. The zero-order valence-electron chi connectivity index (χ0n) is 10.8. The molecule has 0 bridgehead atoms. The van der Waals surface area contributed by atoms with Crippen molar-refractivity contribution in [3.8, 4) is 0 Å². The van der Waals surface area contributed by atoms with Gasteiger partial charge in [0.25, 0.3) is 0 Å². The van der Waals surface area contributed by atoms with E-state index in [9.17, 15) is 4.79 Å². The number of amides is 1. The summed E-state index contributed by atoms with van der Waals surface area (Å²) in [6.07, 6.45) is 2.34. The number of hydrogen-bond donors (Lipinski definition) is 2. The molecule has 0 saturated heterocycles. The van der Waals surface area contributed by atoms with E-state index in [2.05, 4.69) is 10.3 Å². The van der Waals surface area contributed by atoms with Crippen molar-refractivity contribution in [2.45, 2.75) is 19.1 Å². The molecule has 0 saturated carbocycles. The Morgan fingerprint density at radius 3 is 3.06 bits per heavy atom. The van der Waals surface area contributed by atoms with Crippen molar-refractivity contribution in [2.24, 2.45) is 11.7 Å². The molecule has 1 unspecified atom stereocenters. The molecule has 0 fully saturated rings. The van der Waals surface area contributed by atoms with Crippen LogP contribution >= 0.6 is 11.8 Å². The van der Waals surface area contributed by atoms with E-state index >= 15 is 0 Å². The summed E-state index contributed by atoms with van der Waals surface area (Å²) in [5, 5.41) is 2.88. The first-order valence-corrected chi connectivity index (χ1v) is 7.32. The van der Waals surface area contributed by atoms with Gasteiger partial charge in [0.15, 0.2) is 0 Å². The Hall–Kier alpha value is -1.07. The lowest BCUT2D eigenvalue weighted by Gasteiger charge is -2.09. The number of nitrogens with two attached hydrogens (primary N) is 1. The molecule has 1 aromatic rings. The number of thioether (sulfide) groups is 1. The highest BCUT2D eigenvalue weighted by Gasteiger charge is 2.04. The summed E-state index contributed by atoms with van der Waals surface area (Å²) >= 11 is 1.73. The van der Waals surface area contributed by atoms with E-state index in [1.54, 1.807) is 18.0 Å². The van der Waals surface area contributed by atoms with Crippen LogP contribution in [0.3, 0.4) is 0 Å². The Kier molecular flexibility index (Phi) is 7.44. The molecule has 0 aliphatic rings. The lowest BCUT2D eigenvalue weighted by atomic mass is 10.2. The molecule has 1 aromatic heterocycles. The number of carbonyl (C=O) groups excluding carboxylic acids is 1. The van der Waals surface area contributed by atoms with Gasteiger partial charge in [-0.05, 0) is 24.6 Å². The van der Waals surface area contributed by atoms with E-state index < -0.39 is 0 Å². The zero-order chi connectivity index (χ0) is 13.2. The third-order valence-electron chi connectivity index (χ3n) is 2.50. The van der Waals surface area contributed by atoms with Crippen LogP contribution in [0, 0.1) is 5.92 Å². The van der Waals surface area contributed by atoms with E-state index in [-0.39, 0.29) is 5.91 Å². The Morgan fingerprint density at radius 1 is 1.56 bits per heavy atom. The summed E-state index contributed by atoms with van der Waals surface area (Å²) in [5.41, 5.74) is 6.54. The normalized spacial score (nSPS) is 12.1. The van der Waals surface area contributed by atoms with Crippen LogP contribution in [0.4, 0.5) is 0 Å². The van der Waals surface area contributed by atoms with Crippen LogP contribution in [0.5, 0.6) is 0 Å². The summed E-state index contributed by atoms with van der Waals surface area (Å²) in [4.78, 5) is 15.7. The number of pyridine rings is 1. The van der Waals surface area contributed by atoms with Crippen molar-refractivity contribution in [1.29, 1.82) is 0 Å². The van der Waals surface area contributed by atoms with Crippen molar-refractivity contribution in [1.82, 2.24) is 10.3 Å². The van der Waals surface area contributed by atoms with E-state index in [0.717, 1.165) is 17.2 Å². The predicted molar refractivity (Wildman–Crippen MR) is 76.2 cm³/mol. The number of hydrogen-bond acceptors (Lipinski definition) is 4. The Bertz CT molecular complexity index is 345. The van der Waals surface area contributed by atoms with E-state index in [4.69, 9.17) is 5.73 Å². The molecule has 0 aromatic carbocycles.